The van der Waals surface area contributed by atoms with E-state index in [9.17, 15) is 0 Å². The maximum absolute atomic E-state index is 5.62. The van der Waals surface area contributed by atoms with Gasteiger partial charge in [-0.3, -0.25) is 0 Å². The van der Waals surface area contributed by atoms with E-state index in [1.165, 1.54) is 42.3 Å². The molecule has 1 saturated carbocycles. The molecule has 78 valence electrons. The summed E-state index contributed by atoms with van der Waals surface area (Å²) in [7, 11) is 0. The van der Waals surface area contributed by atoms with Crippen molar-refractivity contribution in [2.24, 2.45) is 5.92 Å². The van der Waals surface area contributed by atoms with E-state index in [1.807, 2.05) is 6.07 Å². The first-order chi connectivity index (χ1) is 6.79. The fourth-order valence-corrected chi connectivity index (χ4v) is 2.53. The van der Waals surface area contributed by atoms with Crippen LogP contribution < -0.4 is 10.6 Å². The number of hydrogen-bond acceptors (Lipinski definition) is 4. The third kappa shape index (κ3) is 2.00. The highest BCUT2D eigenvalue weighted by Gasteiger charge is 2.20. The van der Waals surface area contributed by atoms with Crippen molar-refractivity contribution in [3.63, 3.8) is 0 Å². The van der Waals surface area contributed by atoms with E-state index >= 15 is 0 Å². The predicted molar refractivity (Wildman–Crippen MR) is 61.8 cm³/mol. The highest BCUT2D eigenvalue weighted by Crippen LogP contribution is 2.30. The molecule has 4 heteroatoms. The fraction of sp³-hybridized carbons (Fsp3) is 0.700. The van der Waals surface area contributed by atoms with Crippen molar-refractivity contribution < 1.29 is 0 Å². The Morgan fingerprint density at radius 1 is 1.64 bits per heavy atom. The zero-order valence-corrected chi connectivity index (χ0v) is 9.39. The highest BCUT2D eigenvalue weighted by molar-refractivity contribution is 7.10. The molecule has 1 aliphatic carbocycles. The standard InChI is InChI=1S/C10H17N3S/c1-2-13(7-8-4-3-5-8)10-6-9(11)12-14-10/h6,8H,2-5,7H2,1H3,(H2,11,12). The lowest BCUT2D eigenvalue weighted by Gasteiger charge is -2.31. The summed E-state index contributed by atoms with van der Waals surface area (Å²) >= 11 is 1.51. The summed E-state index contributed by atoms with van der Waals surface area (Å²) in [6.45, 7) is 4.42. The number of hydrogen-bond donors (Lipinski definition) is 1. The van der Waals surface area contributed by atoms with Crippen LogP contribution in [-0.2, 0) is 0 Å². The van der Waals surface area contributed by atoms with Gasteiger partial charge in [-0.2, -0.15) is 4.37 Å². The average molecular weight is 211 g/mol. The third-order valence-electron chi connectivity index (χ3n) is 2.91. The quantitative estimate of drug-likeness (QED) is 0.831. The molecule has 0 atom stereocenters. The Labute approximate surface area is 89.1 Å². The molecule has 0 aromatic carbocycles. The molecule has 0 aliphatic heterocycles. The van der Waals surface area contributed by atoms with Gasteiger partial charge >= 0.3 is 0 Å². The molecule has 1 aliphatic rings. The van der Waals surface area contributed by atoms with Gasteiger partial charge in [0.1, 0.15) is 10.8 Å². The van der Waals surface area contributed by atoms with E-state index < -0.39 is 0 Å². The zero-order valence-electron chi connectivity index (χ0n) is 8.57. The van der Waals surface area contributed by atoms with Gasteiger partial charge in [-0.05, 0) is 37.2 Å². The number of nitrogen functional groups attached to an aromatic ring is 1. The maximum atomic E-state index is 5.62. The second-order valence-electron chi connectivity index (χ2n) is 3.93. The van der Waals surface area contributed by atoms with Crippen LogP contribution in [0.1, 0.15) is 26.2 Å². The van der Waals surface area contributed by atoms with Crippen LogP contribution in [0, 0.1) is 5.92 Å². The molecule has 1 heterocycles. The van der Waals surface area contributed by atoms with Gasteiger partial charge in [0.2, 0.25) is 0 Å². The van der Waals surface area contributed by atoms with Crippen molar-refractivity contribution in [3.05, 3.63) is 6.07 Å². The van der Waals surface area contributed by atoms with Crippen LogP contribution in [-0.4, -0.2) is 17.5 Å². The lowest BCUT2D eigenvalue weighted by Crippen LogP contribution is -2.31. The Morgan fingerprint density at radius 3 is 2.86 bits per heavy atom. The summed E-state index contributed by atoms with van der Waals surface area (Å²) in [4.78, 5) is 2.39. The van der Waals surface area contributed by atoms with Crippen LogP contribution in [0.2, 0.25) is 0 Å². The Morgan fingerprint density at radius 2 is 2.43 bits per heavy atom. The minimum atomic E-state index is 0.650. The molecule has 1 aromatic heterocycles. The minimum Gasteiger partial charge on any atom is -0.383 e. The van der Waals surface area contributed by atoms with Crippen molar-refractivity contribution in [2.45, 2.75) is 26.2 Å². The van der Waals surface area contributed by atoms with E-state index in [2.05, 4.69) is 16.2 Å². The van der Waals surface area contributed by atoms with Gasteiger partial charge in [-0.15, -0.1) is 0 Å². The molecule has 2 N–H and O–H groups in total. The Kier molecular flexibility index (Phi) is 2.91. The van der Waals surface area contributed by atoms with Gasteiger partial charge in [0.25, 0.3) is 0 Å². The Bertz CT molecular complexity index is 293. The first-order valence-corrected chi connectivity index (χ1v) is 6.04. The summed E-state index contributed by atoms with van der Waals surface area (Å²) in [5.41, 5.74) is 5.62. The van der Waals surface area contributed by atoms with Crippen LogP contribution in [0.5, 0.6) is 0 Å². The van der Waals surface area contributed by atoms with Crippen molar-refractivity contribution in [1.82, 2.24) is 4.37 Å². The molecule has 0 radical (unpaired) electrons. The molecule has 3 nitrogen and oxygen atoms in total. The Hall–Kier alpha value is -0.770. The predicted octanol–water partition coefficient (Wildman–Crippen LogP) is 2.35. The van der Waals surface area contributed by atoms with Crippen molar-refractivity contribution in [1.29, 1.82) is 0 Å². The topological polar surface area (TPSA) is 42.1 Å². The molecule has 2 rings (SSSR count). The second kappa shape index (κ2) is 4.17. The first kappa shape index (κ1) is 9.77. The Balaban J connectivity index is 1.97. The van der Waals surface area contributed by atoms with Gasteiger partial charge in [0.05, 0.1) is 0 Å². The second-order valence-corrected chi connectivity index (χ2v) is 4.71. The number of rotatable bonds is 4. The highest BCUT2D eigenvalue weighted by atomic mass is 32.1. The average Bonchev–Trinajstić information content (AvgIpc) is 2.50. The van der Waals surface area contributed by atoms with Crippen LogP contribution in [0.25, 0.3) is 0 Å². The fourth-order valence-electron chi connectivity index (χ4n) is 1.79. The normalized spacial score (nSPS) is 16.6. The molecule has 1 fully saturated rings. The monoisotopic (exact) mass is 211 g/mol. The van der Waals surface area contributed by atoms with Crippen LogP contribution in [0.3, 0.4) is 0 Å². The molecule has 0 amide bonds. The van der Waals surface area contributed by atoms with Gasteiger partial charge in [0, 0.05) is 19.2 Å². The summed E-state index contributed by atoms with van der Waals surface area (Å²) in [5.74, 6) is 1.55. The summed E-state index contributed by atoms with van der Waals surface area (Å²) in [5, 5.41) is 1.22. The SMILES string of the molecule is CCN(CC1CCC1)c1cc(N)ns1. The van der Waals surface area contributed by atoms with Gasteiger partial charge in [-0.25, -0.2) is 0 Å². The molecular formula is C10H17N3S. The number of anilines is 2. The molecule has 0 spiro atoms. The minimum absolute atomic E-state index is 0.650. The first-order valence-electron chi connectivity index (χ1n) is 5.26. The zero-order chi connectivity index (χ0) is 9.97. The van der Waals surface area contributed by atoms with Crippen molar-refractivity contribution in [2.75, 3.05) is 23.7 Å². The largest absolute Gasteiger partial charge is 0.383 e. The lowest BCUT2D eigenvalue weighted by molar-refractivity contribution is 0.319. The molecular weight excluding hydrogens is 194 g/mol. The van der Waals surface area contributed by atoms with E-state index in [4.69, 9.17) is 5.73 Å². The van der Waals surface area contributed by atoms with E-state index in [0.29, 0.717) is 5.82 Å². The van der Waals surface area contributed by atoms with Gasteiger partial charge in [-0.1, -0.05) is 6.42 Å². The van der Waals surface area contributed by atoms with Crippen LogP contribution in [0.15, 0.2) is 6.07 Å². The smallest absolute Gasteiger partial charge is 0.139 e. The van der Waals surface area contributed by atoms with Crippen LogP contribution >= 0.6 is 11.5 Å². The van der Waals surface area contributed by atoms with Gasteiger partial charge < -0.3 is 10.6 Å². The van der Waals surface area contributed by atoms with E-state index in [0.717, 1.165) is 12.5 Å². The van der Waals surface area contributed by atoms with Crippen molar-refractivity contribution >= 4 is 22.4 Å². The molecule has 0 saturated heterocycles. The number of aromatic nitrogens is 1. The lowest BCUT2D eigenvalue weighted by atomic mass is 9.85. The third-order valence-corrected chi connectivity index (χ3v) is 3.78. The van der Waals surface area contributed by atoms with Crippen molar-refractivity contribution in [3.8, 4) is 0 Å². The molecule has 0 bridgehead atoms. The number of nitrogens with zero attached hydrogens (tertiary/aromatic N) is 2. The maximum Gasteiger partial charge on any atom is 0.139 e. The molecule has 1 aromatic rings. The van der Waals surface area contributed by atoms with Crippen LogP contribution in [0.4, 0.5) is 10.8 Å². The van der Waals surface area contributed by atoms with E-state index in [-0.39, 0.29) is 0 Å². The summed E-state index contributed by atoms with van der Waals surface area (Å²) < 4.78 is 4.11. The summed E-state index contributed by atoms with van der Waals surface area (Å²) in [6.07, 6.45) is 4.20. The summed E-state index contributed by atoms with van der Waals surface area (Å²) in [6, 6.07) is 1.98. The molecule has 14 heavy (non-hydrogen) atoms. The molecule has 0 unspecified atom stereocenters. The van der Waals surface area contributed by atoms with Gasteiger partial charge in [0.15, 0.2) is 0 Å². The van der Waals surface area contributed by atoms with E-state index in [1.54, 1.807) is 0 Å². The number of nitrogens with two attached hydrogens (primary N) is 1.